The lowest BCUT2D eigenvalue weighted by atomic mass is 10.1. The number of benzene rings is 1. The van der Waals surface area contributed by atoms with Gasteiger partial charge in [-0.15, -0.1) is 0 Å². The van der Waals surface area contributed by atoms with Crippen LogP contribution in [0.1, 0.15) is 12.7 Å². The highest BCUT2D eigenvalue weighted by molar-refractivity contribution is 6.26. The van der Waals surface area contributed by atoms with E-state index in [0.29, 0.717) is 22.8 Å². The monoisotopic (exact) mass is 297 g/mol. The van der Waals surface area contributed by atoms with Crippen LogP contribution in [-0.4, -0.2) is 16.5 Å². The maximum Gasteiger partial charge on any atom is 0.273 e. The third-order valence-electron chi connectivity index (χ3n) is 3.24. The van der Waals surface area contributed by atoms with Crippen molar-refractivity contribution in [1.82, 2.24) is 5.43 Å². The molecule has 110 valence electrons. The topological polar surface area (TPSA) is 97.7 Å². The molecule has 0 atom stereocenters. The summed E-state index contributed by atoms with van der Waals surface area (Å²) in [6.07, 6.45) is 1.61. The minimum atomic E-state index is -0.456. The van der Waals surface area contributed by atoms with E-state index in [0.717, 1.165) is 5.56 Å². The van der Waals surface area contributed by atoms with Crippen LogP contribution in [0.3, 0.4) is 0 Å². The summed E-state index contributed by atoms with van der Waals surface area (Å²) >= 11 is 0. The molecular weight excluding hydrogens is 286 g/mol. The van der Waals surface area contributed by atoms with Crippen LogP contribution in [0.25, 0.3) is 17.4 Å². The summed E-state index contributed by atoms with van der Waals surface area (Å²) in [7, 11) is 0. The average Bonchev–Trinajstić information content (AvgIpc) is 3.10. The molecule has 22 heavy (non-hydrogen) atoms. The average molecular weight is 297 g/mol. The molecule has 1 aliphatic rings. The number of carbonyl (C=O) groups is 1. The molecule has 2 aromatic rings. The van der Waals surface area contributed by atoms with Crippen molar-refractivity contribution < 1.29 is 14.1 Å². The van der Waals surface area contributed by atoms with Gasteiger partial charge in [0.2, 0.25) is 0 Å². The molecule has 1 aromatic carbocycles. The van der Waals surface area contributed by atoms with Crippen LogP contribution < -0.4 is 5.43 Å². The van der Waals surface area contributed by atoms with E-state index in [1.807, 2.05) is 0 Å². The SMILES string of the molecule is CC1=NNC(=O)C1=Cc1ccc(-c2ccc([N+](=O)[O-])cc2)o1. The highest BCUT2D eigenvalue weighted by Gasteiger charge is 2.19. The minimum absolute atomic E-state index is 0.0205. The van der Waals surface area contributed by atoms with Crippen molar-refractivity contribution in [3.8, 4) is 11.3 Å². The number of furan rings is 1. The summed E-state index contributed by atoms with van der Waals surface area (Å²) in [5.74, 6) is 0.801. The summed E-state index contributed by atoms with van der Waals surface area (Å²) in [6.45, 7) is 1.73. The van der Waals surface area contributed by atoms with Gasteiger partial charge >= 0.3 is 0 Å². The number of carbonyl (C=O) groups excluding carboxylic acids is 1. The van der Waals surface area contributed by atoms with Crippen LogP contribution in [0.15, 0.2) is 51.5 Å². The van der Waals surface area contributed by atoms with E-state index in [9.17, 15) is 14.9 Å². The molecule has 0 radical (unpaired) electrons. The largest absolute Gasteiger partial charge is 0.457 e. The predicted molar refractivity (Wildman–Crippen MR) is 80.0 cm³/mol. The van der Waals surface area contributed by atoms with E-state index < -0.39 is 4.92 Å². The van der Waals surface area contributed by atoms with Crippen LogP contribution >= 0.6 is 0 Å². The lowest BCUT2D eigenvalue weighted by Gasteiger charge is -1.97. The van der Waals surface area contributed by atoms with Crippen LogP contribution in [0.2, 0.25) is 0 Å². The smallest absolute Gasteiger partial charge is 0.273 e. The zero-order chi connectivity index (χ0) is 15.7. The van der Waals surface area contributed by atoms with Crippen molar-refractivity contribution in [1.29, 1.82) is 0 Å². The number of nitro groups is 1. The predicted octanol–water partition coefficient (Wildman–Crippen LogP) is 2.74. The van der Waals surface area contributed by atoms with Gasteiger partial charge in [0.15, 0.2) is 0 Å². The Morgan fingerprint density at radius 3 is 2.55 bits per heavy atom. The van der Waals surface area contributed by atoms with Gasteiger partial charge in [0.05, 0.1) is 16.2 Å². The van der Waals surface area contributed by atoms with E-state index in [1.165, 1.54) is 12.1 Å². The Bertz CT molecular complexity index is 816. The number of hydrazone groups is 1. The first-order chi connectivity index (χ1) is 10.5. The first-order valence-electron chi connectivity index (χ1n) is 6.46. The molecule has 1 amide bonds. The molecule has 0 spiro atoms. The fourth-order valence-corrected chi connectivity index (χ4v) is 2.06. The maximum atomic E-state index is 11.6. The molecule has 1 N–H and O–H groups in total. The zero-order valence-corrected chi connectivity index (χ0v) is 11.6. The quantitative estimate of drug-likeness (QED) is 0.535. The van der Waals surface area contributed by atoms with Gasteiger partial charge in [0.25, 0.3) is 11.6 Å². The van der Waals surface area contributed by atoms with Crippen LogP contribution in [0.4, 0.5) is 5.69 Å². The summed E-state index contributed by atoms with van der Waals surface area (Å²) in [6, 6.07) is 9.52. The summed E-state index contributed by atoms with van der Waals surface area (Å²) in [4.78, 5) is 21.7. The van der Waals surface area contributed by atoms with E-state index in [2.05, 4.69) is 10.5 Å². The van der Waals surface area contributed by atoms with E-state index in [-0.39, 0.29) is 11.6 Å². The summed E-state index contributed by atoms with van der Waals surface area (Å²) in [5.41, 5.74) is 4.15. The Balaban J connectivity index is 1.88. The van der Waals surface area contributed by atoms with Crippen molar-refractivity contribution in [2.45, 2.75) is 6.92 Å². The third kappa shape index (κ3) is 2.51. The number of nitrogens with one attached hydrogen (secondary N) is 1. The van der Waals surface area contributed by atoms with E-state index >= 15 is 0 Å². The van der Waals surface area contributed by atoms with E-state index in [4.69, 9.17) is 4.42 Å². The van der Waals surface area contributed by atoms with Gasteiger partial charge in [-0.05, 0) is 37.3 Å². The molecule has 2 heterocycles. The standard InChI is InChI=1S/C15H11N3O4/c1-9-13(15(19)17-16-9)8-12-6-7-14(22-12)10-2-4-11(5-3-10)18(20)21/h2-8H,1H3,(H,17,19). The molecule has 0 saturated carbocycles. The highest BCUT2D eigenvalue weighted by Crippen LogP contribution is 2.25. The molecular formula is C15H11N3O4. The van der Waals surface area contributed by atoms with Gasteiger partial charge in [-0.2, -0.15) is 5.10 Å². The number of non-ortho nitro benzene ring substituents is 1. The van der Waals surface area contributed by atoms with Crippen molar-refractivity contribution in [3.63, 3.8) is 0 Å². The molecule has 0 aliphatic carbocycles. The second kappa shape index (κ2) is 5.28. The first kappa shape index (κ1) is 13.7. The first-order valence-corrected chi connectivity index (χ1v) is 6.46. The number of hydrogen-bond donors (Lipinski definition) is 1. The summed E-state index contributed by atoms with van der Waals surface area (Å²) < 4.78 is 5.65. The third-order valence-corrected chi connectivity index (χ3v) is 3.24. The number of rotatable bonds is 3. The Labute approximate surface area is 125 Å². The van der Waals surface area contributed by atoms with Crippen LogP contribution in [-0.2, 0) is 4.79 Å². The van der Waals surface area contributed by atoms with Gasteiger partial charge in [0.1, 0.15) is 11.5 Å². The molecule has 0 saturated heterocycles. The summed E-state index contributed by atoms with van der Waals surface area (Å²) in [5, 5.41) is 14.5. The van der Waals surface area contributed by atoms with Gasteiger partial charge in [0, 0.05) is 17.7 Å². The Morgan fingerprint density at radius 2 is 1.95 bits per heavy atom. The van der Waals surface area contributed by atoms with Crippen molar-refractivity contribution in [2.75, 3.05) is 0 Å². The van der Waals surface area contributed by atoms with Gasteiger partial charge in [-0.1, -0.05) is 0 Å². The van der Waals surface area contributed by atoms with Crippen molar-refractivity contribution in [3.05, 3.63) is 57.8 Å². The molecule has 1 aliphatic heterocycles. The number of hydrogen-bond acceptors (Lipinski definition) is 5. The minimum Gasteiger partial charge on any atom is -0.457 e. The fourth-order valence-electron chi connectivity index (χ4n) is 2.06. The molecule has 1 aromatic heterocycles. The Morgan fingerprint density at radius 1 is 1.23 bits per heavy atom. The van der Waals surface area contributed by atoms with Crippen molar-refractivity contribution >= 4 is 23.4 Å². The molecule has 0 bridgehead atoms. The number of amides is 1. The number of nitro benzene ring substituents is 1. The second-order valence-electron chi connectivity index (χ2n) is 4.70. The van der Waals surface area contributed by atoms with E-state index in [1.54, 1.807) is 37.3 Å². The second-order valence-corrected chi connectivity index (χ2v) is 4.70. The lowest BCUT2D eigenvalue weighted by molar-refractivity contribution is -0.384. The molecule has 0 unspecified atom stereocenters. The highest BCUT2D eigenvalue weighted by atomic mass is 16.6. The normalized spacial score (nSPS) is 15.8. The van der Waals surface area contributed by atoms with Gasteiger partial charge in [-0.3, -0.25) is 14.9 Å². The lowest BCUT2D eigenvalue weighted by Crippen LogP contribution is -2.12. The van der Waals surface area contributed by atoms with Gasteiger partial charge in [-0.25, -0.2) is 5.43 Å². The molecule has 7 heteroatoms. The van der Waals surface area contributed by atoms with Gasteiger partial charge < -0.3 is 4.42 Å². The molecule has 7 nitrogen and oxygen atoms in total. The van der Waals surface area contributed by atoms with Crippen LogP contribution in [0, 0.1) is 10.1 Å². The van der Waals surface area contributed by atoms with Crippen LogP contribution in [0.5, 0.6) is 0 Å². The zero-order valence-electron chi connectivity index (χ0n) is 11.6. The Kier molecular flexibility index (Phi) is 3.30. The molecule has 3 rings (SSSR count). The fraction of sp³-hybridized carbons (Fsp3) is 0.0667. The van der Waals surface area contributed by atoms with Crippen molar-refractivity contribution in [2.24, 2.45) is 5.10 Å². The molecule has 0 fully saturated rings. The number of nitrogens with zero attached hydrogens (tertiary/aromatic N) is 2. The Hall–Kier alpha value is -3.22. The maximum absolute atomic E-state index is 11.6.